The van der Waals surface area contributed by atoms with Gasteiger partial charge in [0.25, 0.3) is 5.91 Å². The SMILES string of the molecule is COCC(NC(=O)[C@@H]1[C@@H]2C(CN1C(=O)[C@@H](NC(=O)OC(C)(C)C)C1Cc3ccccc3C1)C2(C)C)C(=O)C(=O)NCCC(=O)OC(C)(C)C. The number of ketones is 1. The lowest BCUT2D eigenvalue weighted by Crippen LogP contribution is -2.60. The first-order chi connectivity index (χ1) is 22.7. The van der Waals surface area contributed by atoms with Crippen LogP contribution in [0.3, 0.4) is 0 Å². The maximum atomic E-state index is 14.5. The topological polar surface area (TPSA) is 169 Å². The number of methoxy groups -OCH3 is 1. The molecule has 1 aromatic carbocycles. The molecule has 2 fully saturated rings. The molecule has 0 spiro atoms. The minimum absolute atomic E-state index is 0.0304. The minimum atomic E-state index is -1.34. The van der Waals surface area contributed by atoms with Crippen LogP contribution >= 0.6 is 0 Å². The van der Waals surface area contributed by atoms with Crippen LogP contribution in [0.2, 0.25) is 0 Å². The molecule has 1 saturated heterocycles. The molecular weight excluding hydrogens is 632 g/mol. The van der Waals surface area contributed by atoms with Gasteiger partial charge in [-0.3, -0.25) is 24.0 Å². The van der Waals surface area contributed by atoms with Gasteiger partial charge in [0, 0.05) is 20.2 Å². The molecule has 13 heteroatoms. The summed E-state index contributed by atoms with van der Waals surface area (Å²) in [6.45, 7) is 14.3. The number of hydrogen-bond acceptors (Lipinski definition) is 9. The highest BCUT2D eigenvalue weighted by atomic mass is 16.6. The molecule has 4 rings (SSSR count). The largest absolute Gasteiger partial charge is 0.460 e. The molecule has 2 aliphatic carbocycles. The Morgan fingerprint density at radius 1 is 0.918 bits per heavy atom. The zero-order valence-electron chi connectivity index (χ0n) is 30.1. The van der Waals surface area contributed by atoms with E-state index < -0.39 is 64.9 Å². The third-order valence-electron chi connectivity index (χ3n) is 9.48. The summed E-state index contributed by atoms with van der Waals surface area (Å²) >= 11 is 0. The first kappa shape index (κ1) is 37.8. The molecule has 5 atom stereocenters. The number of benzene rings is 1. The molecule has 4 amide bonds. The average molecular weight is 685 g/mol. The number of alkyl carbamates (subject to hydrolysis) is 1. The lowest BCUT2D eigenvalue weighted by atomic mass is 9.93. The summed E-state index contributed by atoms with van der Waals surface area (Å²) in [5.41, 5.74) is 0.477. The number of amides is 4. The van der Waals surface area contributed by atoms with Gasteiger partial charge in [0.2, 0.25) is 17.6 Å². The van der Waals surface area contributed by atoms with E-state index in [4.69, 9.17) is 14.2 Å². The van der Waals surface area contributed by atoms with E-state index in [0.717, 1.165) is 11.1 Å². The number of ether oxygens (including phenoxy) is 3. The fraction of sp³-hybridized carbons (Fsp3) is 0.667. The van der Waals surface area contributed by atoms with Crippen molar-refractivity contribution >= 4 is 35.6 Å². The second-order valence-electron chi connectivity index (χ2n) is 15.9. The fourth-order valence-electron chi connectivity index (χ4n) is 7.16. The molecule has 0 aromatic heterocycles. The van der Waals surface area contributed by atoms with Crippen molar-refractivity contribution in [3.05, 3.63) is 35.4 Å². The van der Waals surface area contributed by atoms with Crippen molar-refractivity contribution in [3.63, 3.8) is 0 Å². The van der Waals surface area contributed by atoms with Crippen LogP contribution < -0.4 is 16.0 Å². The zero-order chi connectivity index (χ0) is 36.5. The summed E-state index contributed by atoms with van der Waals surface area (Å²) in [4.78, 5) is 81.1. The van der Waals surface area contributed by atoms with Gasteiger partial charge < -0.3 is 35.1 Å². The molecule has 2 unspecified atom stereocenters. The van der Waals surface area contributed by atoms with Crippen molar-refractivity contribution in [1.29, 1.82) is 0 Å². The van der Waals surface area contributed by atoms with Crippen LogP contribution in [0.15, 0.2) is 24.3 Å². The molecule has 0 bridgehead atoms. The Labute approximate surface area is 288 Å². The Kier molecular flexibility index (Phi) is 11.2. The number of nitrogens with one attached hydrogen (secondary N) is 3. The normalized spacial score (nSPS) is 22.2. The van der Waals surface area contributed by atoms with E-state index >= 15 is 0 Å². The number of rotatable bonds is 12. The second-order valence-corrected chi connectivity index (χ2v) is 15.9. The van der Waals surface area contributed by atoms with Gasteiger partial charge in [-0.25, -0.2) is 4.79 Å². The number of likely N-dealkylation sites (tertiary alicyclic amines) is 1. The van der Waals surface area contributed by atoms with Crippen molar-refractivity contribution < 1.29 is 43.0 Å². The number of piperidine rings is 1. The van der Waals surface area contributed by atoms with Crippen LogP contribution in [-0.4, -0.2) is 96.6 Å². The van der Waals surface area contributed by atoms with Crippen molar-refractivity contribution in [1.82, 2.24) is 20.9 Å². The third kappa shape index (κ3) is 9.17. The molecule has 270 valence electrons. The first-order valence-corrected chi connectivity index (χ1v) is 16.9. The van der Waals surface area contributed by atoms with Crippen LogP contribution in [0.4, 0.5) is 4.79 Å². The minimum Gasteiger partial charge on any atom is -0.460 e. The molecule has 1 aliphatic heterocycles. The highest BCUT2D eigenvalue weighted by molar-refractivity contribution is 6.38. The van der Waals surface area contributed by atoms with Crippen LogP contribution in [0.25, 0.3) is 0 Å². The number of hydrogen-bond donors (Lipinski definition) is 3. The number of Topliss-reactive ketones (excluding diaryl/α,β-unsaturated/α-hetero) is 1. The Hall–Kier alpha value is -4.00. The standard InChI is InChI=1S/C36H52N4O9/c1-34(2,3)48-25(41)14-15-37-31(44)29(42)24(19-47-9)38-30(43)28-26-23(36(26,7)8)18-40(28)32(45)27(39-33(46)49-35(4,5)6)22-16-20-12-10-11-13-21(20)17-22/h10-13,22-24,26-28H,14-19H2,1-9H3,(H,37,44)(H,38,43)(H,39,46)/t23?,24?,26-,27-,28-/m0/s1. The van der Waals surface area contributed by atoms with Crippen LogP contribution in [0.5, 0.6) is 0 Å². The predicted molar refractivity (Wildman–Crippen MR) is 179 cm³/mol. The van der Waals surface area contributed by atoms with Gasteiger partial charge in [-0.05, 0) is 88.7 Å². The number of fused-ring (bicyclic) bond motifs is 2. The summed E-state index contributed by atoms with van der Waals surface area (Å²) in [5.74, 6) is -3.89. The summed E-state index contributed by atoms with van der Waals surface area (Å²) in [6, 6.07) is 4.65. The van der Waals surface area contributed by atoms with Crippen LogP contribution in [0, 0.1) is 23.2 Å². The van der Waals surface area contributed by atoms with Gasteiger partial charge >= 0.3 is 12.1 Å². The first-order valence-electron chi connectivity index (χ1n) is 16.9. The van der Waals surface area contributed by atoms with E-state index in [1.807, 2.05) is 38.1 Å². The highest BCUT2D eigenvalue weighted by Gasteiger charge is 2.70. The number of carbonyl (C=O) groups excluding carboxylic acids is 6. The van der Waals surface area contributed by atoms with E-state index in [1.165, 1.54) is 12.0 Å². The summed E-state index contributed by atoms with van der Waals surface area (Å²) in [6.07, 6.45) is 0.271. The molecule has 1 heterocycles. The van der Waals surface area contributed by atoms with Gasteiger partial charge in [-0.1, -0.05) is 38.1 Å². The van der Waals surface area contributed by atoms with Crippen LogP contribution in [-0.2, 0) is 51.0 Å². The van der Waals surface area contributed by atoms with Crippen molar-refractivity contribution in [2.45, 2.75) is 104 Å². The van der Waals surface area contributed by atoms with Gasteiger partial charge in [0.1, 0.15) is 29.3 Å². The molecule has 49 heavy (non-hydrogen) atoms. The van der Waals surface area contributed by atoms with Crippen molar-refractivity contribution in [3.8, 4) is 0 Å². The Morgan fingerprint density at radius 2 is 1.51 bits per heavy atom. The lowest BCUT2D eigenvalue weighted by Gasteiger charge is -2.35. The lowest BCUT2D eigenvalue weighted by molar-refractivity contribution is -0.154. The van der Waals surface area contributed by atoms with E-state index in [0.29, 0.717) is 19.4 Å². The number of nitrogens with zero attached hydrogens (tertiary/aromatic N) is 1. The Morgan fingerprint density at radius 3 is 2.06 bits per heavy atom. The molecule has 0 radical (unpaired) electrons. The third-order valence-corrected chi connectivity index (χ3v) is 9.48. The Bertz CT molecular complexity index is 1440. The molecular formula is C36H52N4O9. The molecule has 3 N–H and O–H groups in total. The molecule has 1 aromatic rings. The van der Waals surface area contributed by atoms with E-state index in [1.54, 1.807) is 41.5 Å². The van der Waals surface area contributed by atoms with Gasteiger partial charge in [-0.15, -0.1) is 0 Å². The average Bonchev–Trinajstić information content (AvgIpc) is 3.33. The van der Waals surface area contributed by atoms with Gasteiger partial charge in [0.15, 0.2) is 0 Å². The monoisotopic (exact) mass is 684 g/mol. The Balaban J connectivity index is 1.50. The van der Waals surface area contributed by atoms with Crippen molar-refractivity contribution in [2.24, 2.45) is 23.2 Å². The fourth-order valence-corrected chi connectivity index (χ4v) is 7.16. The highest BCUT2D eigenvalue weighted by Crippen LogP contribution is 2.65. The quantitative estimate of drug-likeness (QED) is 0.221. The van der Waals surface area contributed by atoms with Gasteiger partial charge in [0.05, 0.1) is 13.0 Å². The van der Waals surface area contributed by atoms with Gasteiger partial charge in [-0.2, -0.15) is 0 Å². The van der Waals surface area contributed by atoms with E-state index in [2.05, 4.69) is 16.0 Å². The number of esters is 1. The van der Waals surface area contributed by atoms with Crippen molar-refractivity contribution in [2.75, 3.05) is 26.8 Å². The molecule has 3 aliphatic rings. The van der Waals surface area contributed by atoms with Crippen LogP contribution in [0.1, 0.15) is 72.9 Å². The summed E-state index contributed by atoms with van der Waals surface area (Å²) in [5, 5.41) is 7.91. The molecule has 1 saturated carbocycles. The predicted octanol–water partition coefficient (Wildman–Crippen LogP) is 2.33. The maximum absolute atomic E-state index is 14.5. The zero-order valence-corrected chi connectivity index (χ0v) is 30.1. The summed E-state index contributed by atoms with van der Waals surface area (Å²) in [7, 11) is 1.34. The van der Waals surface area contributed by atoms with E-state index in [-0.39, 0.29) is 42.7 Å². The summed E-state index contributed by atoms with van der Waals surface area (Å²) < 4.78 is 15.9. The molecule has 13 nitrogen and oxygen atoms in total. The maximum Gasteiger partial charge on any atom is 0.408 e. The van der Waals surface area contributed by atoms with E-state index in [9.17, 15) is 28.8 Å². The second kappa shape index (κ2) is 14.5. The smallest absolute Gasteiger partial charge is 0.408 e. The number of carbonyl (C=O) groups is 6.